The summed E-state index contributed by atoms with van der Waals surface area (Å²) in [6.45, 7) is 6.45. The summed E-state index contributed by atoms with van der Waals surface area (Å²) < 4.78 is 5.12. The molecule has 0 aliphatic heterocycles. The number of hydrogen-bond acceptors (Lipinski definition) is 4. The monoisotopic (exact) mass is 287 g/mol. The summed E-state index contributed by atoms with van der Waals surface area (Å²) in [4.78, 5) is 11.9. The summed E-state index contributed by atoms with van der Waals surface area (Å²) in [5.41, 5.74) is 2.77. The van der Waals surface area contributed by atoms with Crippen LogP contribution in [0.2, 0.25) is 0 Å². The maximum Gasteiger partial charge on any atom is 0.225 e. The zero-order valence-corrected chi connectivity index (χ0v) is 12.6. The van der Waals surface area contributed by atoms with Gasteiger partial charge in [0.1, 0.15) is 5.76 Å². The van der Waals surface area contributed by atoms with Gasteiger partial charge in [0.15, 0.2) is 0 Å². The molecular formula is C16H21N3O2. The van der Waals surface area contributed by atoms with E-state index in [1.54, 1.807) is 0 Å². The van der Waals surface area contributed by atoms with E-state index >= 15 is 0 Å². The Bertz CT molecular complexity index is 573. The largest absolute Gasteiger partial charge is 0.361 e. The molecule has 5 nitrogen and oxygen atoms in total. The highest BCUT2D eigenvalue weighted by Crippen LogP contribution is 2.12. The van der Waals surface area contributed by atoms with Gasteiger partial charge in [0, 0.05) is 30.3 Å². The van der Waals surface area contributed by atoms with Crippen molar-refractivity contribution < 1.29 is 9.32 Å². The van der Waals surface area contributed by atoms with Crippen molar-refractivity contribution in [3.05, 3.63) is 47.3 Å². The number of anilines is 1. The van der Waals surface area contributed by atoms with E-state index in [1.807, 2.05) is 51.1 Å². The third-order valence-electron chi connectivity index (χ3n) is 3.36. The highest BCUT2D eigenvalue weighted by molar-refractivity contribution is 5.90. The van der Waals surface area contributed by atoms with Gasteiger partial charge in [-0.05, 0) is 32.9 Å². The zero-order chi connectivity index (χ0) is 15.2. The lowest BCUT2D eigenvalue weighted by molar-refractivity contribution is -0.116. The van der Waals surface area contributed by atoms with E-state index in [1.165, 1.54) is 0 Å². The predicted octanol–water partition coefficient (Wildman–Crippen LogP) is 2.80. The maximum absolute atomic E-state index is 11.9. The number of aromatic nitrogens is 1. The summed E-state index contributed by atoms with van der Waals surface area (Å²) in [6, 6.07) is 9.54. The Morgan fingerprint density at radius 1 is 1.29 bits per heavy atom. The van der Waals surface area contributed by atoms with E-state index in [4.69, 9.17) is 4.52 Å². The van der Waals surface area contributed by atoms with E-state index in [2.05, 4.69) is 15.8 Å². The summed E-state index contributed by atoms with van der Waals surface area (Å²) in [6.07, 6.45) is 0.415. The van der Waals surface area contributed by atoms with Gasteiger partial charge in [0.2, 0.25) is 5.91 Å². The number of nitrogens with zero attached hydrogens (tertiary/aromatic N) is 1. The summed E-state index contributed by atoms with van der Waals surface area (Å²) in [7, 11) is 0. The molecule has 21 heavy (non-hydrogen) atoms. The second kappa shape index (κ2) is 7.04. The molecular weight excluding hydrogens is 266 g/mol. The fraction of sp³-hybridized carbons (Fsp3) is 0.375. The molecule has 0 radical (unpaired) electrons. The van der Waals surface area contributed by atoms with Crippen LogP contribution in [0.5, 0.6) is 0 Å². The maximum atomic E-state index is 11.9. The molecule has 0 fully saturated rings. The van der Waals surface area contributed by atoms with Gasteiger partial charge in [0.05, 0.1) is 5.69 Å². The smallest absolute Gasteiger partial charge is 0.225 e. The minimum atomic E-state index is -0.0000347. The number of nitrogens with one attached hydrogen (secondary N) is 2. The minimum absolute atomic E-state index is 0.0000347. The lowest BCUT2D eigenvalue weighted by Gasteiger charge is -2.13. The van der Waals surface area contributed by atoms with Crippen molar-refractivity contribution in [2.75, 3.05) is 5.32 Å². The van der Waals surface area contributed by atoms with Gasteiger partial charge in [-0.3, -0.25) is 4.79 Å². The second-order valence-electron chi connectivity index (χ2n) is 5.20. The number of benzene rings is 1. The molecule has 1 heterocycles. The average molecular weight is 287 g/mol. The molecule has 1 aromatic carbocycles. The Hall–Kier alpha value is -2.14. The molecule has 1 unspecified atom stereocenters. The quantitative estimate of drug-likeness (QED) is 0.857. The van der Waals surface area contributed by atoms with E-state index in [0.29, 0.717) is 13.0 Å². The standard InChI is InChI=1S/C16H21N3O2/c1-11(17-10-15-12(2)19-21-13(15)3)9-16(20)18-14-7-5-4-6-8-14/h4-8,11,17H,9-10H2,1-3H3,(H,18,20). The van der Waals surface area contributed by atoms with Crippen molar-refractivity contribution in [2.24, 2.45) is 0 Å². The molecule has 1 atom stereocenters. The van der Waals surface area contributed by atoms with Crippen molar-refractivity contribution in [2.45, 2.75) is 39.8 Å². The number of rotatable bonds is 6. The molecule has 1 aromatic heterocycles. The highest BCUT2D eigenvalue weighted by atomic mass is 16.5. The molecule has 0 saturated heterocycles. The fourth-order valence-corrected chi connectivity index (χ4v) is 2.11. The van der Waals surface area contributed by atoms with Gasteiger partial charge in [-0.1, -0.05) is 23.4 Å². The first kappa shape index (κ1) is 15.3. The molecule has 1 amide bonds. The molecule has 2 aromatic rings. The van der Waals surface area contributed by atoms with E-state index in [9.17, 15) is 4.79 Å². The minimum Gasteiger partial charge on any atom is -0.361 e. The van der Waals surface area contributed by atoms with Crippen molar-refractivity contribution >= 4 is 11.6 Å². The van der Waals surface area contributed by atoms with Crippen LogP contribution in [-0.4, -0.2) is 17.1 Å². The summed E-state index contributed by atoms with van der Waals surface area (Å²) >= 11 is 0. The first-order valence-electron chi connectivity index (χ1n) is 7.06. The van der Waals surface area contributed by atoms with Crippen LogP contribution in [0.3, 0.4) is 0 Å². The van der Waals surface area contributed by atoms with Crippen molar-refractivity contribution in [3.63, 3.8) is 0 Å². The third-order valence-corrected chi connectivity index (χ3v) is 3.36. The number of carbonyl (C=O) groups excluding carboxylic acids is 1. The Morgan fingerprint density at radius 3 is 2.62 bits per heavy atom. The van der Waals surface area contributed by atoms with Crippen LogP contribution < -0.4 is 10.6 Å². The Labute approximate surface area is 124 Å². The van der Waals surface area contributed by atoms with Crippen LogP contribution in [0, 0.1) is 13.8 Å². The van der Waals surface area contributed by atoms with Crippen molar-refractivity contribution in [1.29, 1.82) is 0 Å². The first-order valence-corrected chi connectivity index (χ1v) is 7.06. The van der Waals surface area contributed by atoms with Gasteiger partial charge in [-0.2, -0.15) is 0 Å². The van der Waals surface area contributed by atoms with Gasteiger partial charge in [-0.25, -0.2) is 0 Å². The van der Waals surface area contributed by atoms with Crippen LogP contribution in [0.4, 0.5) is 5.69 Å². The fourth-order valence-electron chi connectivity index (χ4n) is 2.11. The summed E-state index contributed by atoms with van der Waals surface area (Å²) in [5.74, 6) is 0.820. The first-order chi connectivity index (χ1) is 10.1. The Kier molecular flexibility index (Phi) is 5.11. The Balaban J connectivity index is 1.79. The molecule has 0 aliphatic carbocycles. The van der Waals surface area contributed by atoms with E-state index in [0.717, 1.165) is 22.7 Å². The lowest BCUT2D eigenvalue weighted by Crippen LogP contribution is -2.30. The molecule has 0 spiro atoms. The van der Waals surface area contributed by atoms with Crippen LogP contribution in [0.25, 0.3) is 0 Å². The zero-order valence-electron chi connectivity index (χ0n) is 12.6. The van der Waals surface area contributed by atoms with Gasteiger partial charge in [0.25, 0.3) is 0 Å². The van der Waals surface area contributed by atoms with Crippen LogP contribution >= 0.6 is 0 Å². The molecule has 0 aliphatic rings. The van der Waals surface area contributed by atoms with Gasteiger partial charge >= 0.3 is 0 Å². The van der Waals surface area contributed by atoms with Gasteiger partial charge in [-0.15, -0.1) is 0 Å². The second-order valence-corrected chi connectivity index (χ2v) is 5.20. The SMILES string of the molecule is Cc1noc(C)c1CNC(C)CC(=O)Nc1ccccc1. The number of para-hydroxylation sites is 1. The molecule has 112 valence electrons. The molecule has 2 rings (SSSR count). The van der Waals surface area contributed by atoms with Gasteiger partial charge < -0.3 is 15.2 Å². The molecule has 2 N–H and O–H groups in total. The topological polar surface area (TPSA) is 67.2 Å². The highest BCUT2D eigenvalue weighted by Gasteiger charge is 2.12. The molecule has 0 saturated carbocycles. The molecule has 5 heteroatoms. The van der Waals surface area contributed by atoms with E-state index in [-0.39, 0.29) is 11.9 Å². The number of carbonyl (C=O) groups is 1. The lowest BCUT2D eigenvalue weighted by atomic mass is 10.1. The number of hydrogen-bond donors (Lipinski definition) is 2. The van der Waals surface area contributed by atoms with Crippen molar-refractivity contribution in [1.82, 2.24) is 10.5 Å². The summed E-state index contributed by atoms with van der Waals surface area (Å²) in [5, 5.41) is 10.1. The Morgan fingerprint density at radius 2 is 2.00 bits per heavy atom. The third kappa shape index (κ3) is 4.43. The molecule has 0 bridgehead atoms. The van der Waals surface area contributed by atoms with E-state index < -0.39 is 0 Å². The number of aryl methyl sites for hydroxylation is 2. The normalized spacial score (nSPS) is 12.1. The van der Waals surface area contributed by atoms with Crippen molar-refractivity contribution in [3.8, 4) is 0 Å². The average Bonchev–Trinajstić information content (AvgIpc) is 2.77. The van der Waals surface area contributed by atoms with Crippen LogP contribution in [0.1, 0.15) is 30.4 Å². The predicted molar refractivity (Wildman–Crippen MR) is 82.0 cm³/mol. The van der Waals surface area contributed by atoms with Crippen LogP contribution in [0.15, 0.2) is 34.9 Å². The number of amides is 1. The van der Waals surface area contributed by atoms with Crippen LogP contribution in [-0.2, 0) is 11.3 Å².